The number of nitrogens with zero attached hydrogens (tertiary/aromatic N) is 3. The maximum Gasteiger partial charge on any atom is 0.156 e. The van der Waals surface area contributed by atoms with E-state index in [2.05, 4.69) is 39.5 Å². The largest absolute Gasteiger partial charge is 0.347 e. The number of aryl methyl sites for hydroxylation is 1. The highest BCUT2D eigenvalue weighted by molar-refractivity contribution is 7.09. The van der Waals surface area contributed by atoms with Gasteiger partial charge in [0, 0.05) is 23.0 Å². The molecule has 1 aliphatic rings. The molecule has 0 spiro atoms. The van der Waals surface area contributed by atoms with Gasteiger partial charge in [0.25, 0.3) is 0 Å². The number of hydrogen-bond acceptors (Lipinski definition) is 5. The first-order valence-corrected chi connectivity index (χ1v) is 7.90. The van der Waals surface area contributed by atoms with Crippen LogP contribution in [0.25, 0.3) is 0 Å². The molecule has 2 N–H and O–H groups in total. The molecule has 20 heavy (non-hydrogen) atoms. The van der Waals surface area contributed by atoms with Crippen LogP contribution in [0.2, 0.25) is 0 Å². The number of hydrogen-bond donors (Lipinski definition) is 1. The second-order valence-corrected chi connectivity index (χ2v) is 6.39. The summed E-state index contributed by atoms with van der Waals surface area (Å²) in [6.45, 7) is 5.51. The Labute approximate surface area is 123 Å². The Hall–Kier alpha value is -1.46. The van der Waals surface area contributed by atoms with Crippen molar-refractivity contribution in [1.82, 2.24) is 10.2 Å². The molecular formula is C15H20N4S. The second-order valence-electron chi connectivity index (χ2n) is 5.36. The Bertz CT molecular complexity index is 590. The molecule has 1 aliphatic carbocycles. The van der Waals surface area contributed by atoms with Crippen molar-refractivity contribution in [2.45, 2.75) is 45.8 Å². The van der Waals surface area contributed by atoms with Crippen LogP contribution in [0.3, 0.4) is 0 Å². The van der Waals surface area contributed by atoms with Gasteiger partial charge in [-0.1, -0.05) is 6.07 Å². The van der Waals surface area contributed by atoms with Gasteiger partial charge in [0.2, 0.25) is 0 Å². The summed E-state index contributed by atoms with van der Waals surface area (Å²) in [6.07, 6.45) is 2.48. The van der Waals surface area contributed by atoms with Crippen LogP contribution < -0.4 is 10.6 Å². The highest BCUT2D eigenvalue weighted by Gasteiger charge is 2.32. The predicted octanol–water partition coefficient (Wildman–Crippen LogP) is 2.78. The lowest BCUT2D eigenvalue weighted by molar-refractivity contribution is 0.751. The van der Waals surface area contributed by atoms with E-state index in [0.717, 1.165) is 23.6 Å². The van der Waals surface area contributed by atoms with Crippen molar-refractivity contribution in [2.24, 2.45) is 5.73 Å². The standard InChI is InChI=1S/C15H20N4S/c1-10-11(2)17-18-15(14(10)8-16)19(12-5-6-12)9-13-4-3-7-20-13/h3-4,7,12H,5-6,8-9,16H2,1-2H3. The Morgan fingerprint density at radius 3 is 2.75 bits per heavy atom. The number of aromatic nitrogens is 2. The minimum Gasteiger partial charge on any atom is -0.347 e. The zero-order valence-corrected chi connectivity index (χ0v) is 12.8. The molecule has 106 valence electrons. The maximum absolute atomic E-state index is 5.96. The summed E-state index contributed by atoms with van der Waals surface area (Å²) in [5, 5.41) is 10.9. The van der Waals surface area contributed by atoms with E-state index in [-0.39, 0.29) is 0 Å². The smallest absolute Gasteiger partial charge is 0.156 e. The summed E-state index contributed by atoms with van der Waals surface area (Å²) >= 11 is 1.79. The Morgan fingerprint density at radius 1 is 1.35 bits per heavy atom. The molecule has 0 saturated heterocycles. The lowest BCUT2D eigenvalue weighted by Crippen LogP contribution is -2.28. The van der Waals surface area contributed by atoms with Crippen LogP contribution in [-0.2, 0) is 13.1 Å². The van der Waals surface area contributed by atoms with Gasteiger partial charge in [-0.05, 0) is 43.7 Å². The Kier molecular flexibility index (Phi) is 3.72. The highest BCUT2D eigenvalue weighted by Crippen LogP contribution is 2.35. The van der Waals surface area contributed by atoms with Crippen LogP contribution in [0.4, 0.5) is 5.82 Å². The van der Waals surface area contributed by atoms with Crippen LogP contribution in [0.1, 0.15) is 34.5 Å². The van der Waals surface area contributed by atoms with E-state index < -0.39 is 0 Å². The first-order valence-electron chi connectivity index (χ1n) is 7.02. The van der Waals surface area contributed by atoms with Crippen molar-refractivity contribution >= 4 is 17.2 Å². The molecule has 3 rings (SSSR count). The Balaban J connectivity index is 1.97. The molecule has 0 amide bonds. The lowest BCUT2D eigenvalue weighted by atomic mass is 10.1. The number of rotatable bonds is 5. The van der Waals surface area contributed by atoms with Crippen molar-refractivity contribution in [3.8, 4) is 0 Å². The predicted molar refractivity (Wildman–Crippen MR) is 82.9 cm³/mol. The average Bonchev–Trinajstić information content (AvgIpc) is 3.16. The number of thiophene rings is 1. The van der Waals surface area contributed by atoms with Crippen molar-refractivity contribution in [2.75, 3.05) is 4.90 Å². The summed E-state index contributed by atoms with van der Waals surface area (Å²) in [5.74, 6) is 0.978. The lowest BCUT2D eigenvalue weighted by Gasteiger charge is -2.25. The van der Waals surface area contributed by atoms with Crippen molar-refractivity contribution in [3.63, 3.8) is 0 Å². The normalized spacial score (nSPS) is 14.6. The molecule has 0 radical (unpaired) electrons. The van der Waals surface area contributed by atoms with Crippen LogP contribution in [0.15, 0.2) is 17.5 Å². The van der Waals surface area contributed by atoms with Gasteiger partial charge >= 0.3 is 0 Å². The monoisotopic (exact) mass is 288 g/mol. The zero-order valence-electron chi connectivity index (χ0n) is 12.0. The summed E-state index contributed by atoms with van der Waals surface area (Å²) < 4.78 is 0. The summed E-state index contributed by atoms with van der Waals surface area (Å²) in [5.41, 5.74) is 9.25. The van der Waals surface area contributed by atoms with Gasteiger partial charge in [-0.15, -0.1) is 16.4 Å². The van der Waals surface area contributed by atoms with Gasteiger partial charge in [0.1, 0.15) is 0 Å². The van der Waals surface area contributed by atoms with Crippen LogP contribution in [0, 0.1) is 13.8 Å². The van der Waals surface area contributed by atoms with E-state index in [9.17, 15) is 0 Å². The van der Waals surface area contributed by atoms with E-state index in [0.29, 0.717) is 12.6 Å². The molecule has 1 fully saturated rings. The van der Waals surface area contributed by atoms with E-state index in [1.807, 2.05) is 6.92 Å². The quantitative estimate of drug-likeness (QED) is 0.919. The van der Waals surface area contributed by atoms with Crippen LogP contribution in [0.5, 0.6) is 0 Å². The van der Waals surface area contributed by atoms with E-state index in [1.165, 1.54) is 23.3 Å². The molecule has 4 nitrogen and oxygen atoms in total. The zero-order chi connectivity index (χ0) is 14.1. The fourth-order valence-corrected chi connectivity index (χ4v) is 3.16. The van der Waals surface area contributed by atoms with Crippen molar-refractivity contribution < 1.29 is 0 Å². The van der Waals surface area contributed by atoms with Gasteiger partial charge < -0.3 is 10.6 Å². The minimum atomic E-state index is 0.519. The summed E-state index contributed by atoms with van der Waals surface area (Å²) in [4.78, 5) is 3.74. The molecule has 0 aliphatic heterocycles. The Morgan fingerprint density at radius 2 is 2.15 bits per heavy atom. The molecule has 0 atom stereocenters. The van der Waals surface area contributed by atoms with Gasteiger partial charge in [-0.25, -0.2) is 0 Å². The molecule has 0 aromatic carbocycles. The third kappa shape index (κ3) is 2.55. The molecule has 5 heteroatoms. The molecule has 0 bridgehead atoms. The van der Waals surface area contributed by atoms with E-state index >= 15 is 0 Å². The molecule has 1 saturated carbocycles. The van der Waals surface area contributed by atoms with E-state index in [4.69, 9.17) is 5.73 Å². The van der Waals surface area contributed by atoms with Crippen molar-refractivity contribution in [1.29, 1.82) is 0 Å². The van der Waals surface area contributed by atoms with Gasteiger partial charge in [-0.3, -0.25) is 0 Å². The molecule has 2 aromatic rings. The molecule has 0 unspecified atom stereocenters. The molecule has 2 heterocycles. The number of nitrogens with two attached hydrogens (primary N) is 1. The summed E-state index contributed by atoms with van der Waals surface area (Å²) in [7, 11) is 0. The third-order valence-corrected chi connectivity index (χ3v) is 4.79. The minimum absolute atomic E-state index is 0.519. The fraction of sp³-hybridized carbons (Fsp3) is 0.467. The summed E-state index contributed by atoms with van der Waals surface area (Å²) in [6, 6.07) is 4.87. The topological polar surface area (TPSA) is 55.0 Å². The van der Waals surface area contributed by atoms with Gasteiger partial charge in [0.05, 0.1) is 12.2 Å². The van der Waals surface area contributed by atoms with Crippen LogP contribution in [-0.4, -0.2) is 16.2 Å². The third-order valence-electron chi connectivity index (χ3n) is 3.93. The second kappa shape index (κ2) is 5.50. The average molecular weight is 288 g/mol. The first-order chi connectivity index (χ1) is 9.70. The molecular weight excluding hydrogens is 268 g/mol. The van der Waals surface area contributed by atoms with Crippen molar-refractivity contribution in [3.05, 3.63) is 39.2 Å². The van der Waals surface area contributed by atoms with Crippen LogP contribution >= 0.6 is 11.3 Å². The van der Waals surface area contributed by atoms with Gasteiger partial charge in [0.15, 0.2) is 5.82 Å². The fourth-order valence-electron chi connectivity index (χ4n) is 2.45. The SMILES string of the molecule is Cc1nnc(N(Cc2cccs2)C2CC2)c(CN)c1C. The first kappa shape index (κ1) is 13.5. The maximum atomic E-state index is 5.96. The van der Waals surface area contributed by atoms with Gasteiger partial charge in [-0.2, -0.15) is 5.10 Å². The molecule has 2 aromatic heterocycles. The highest BCUT2D eigenvalue weighted by atomic mass is 32.1. The number of anilines is 1. The van der Waals surface area contributed by atoms with E-state index in [1.54, 1.807) is 11.3 Å².